The maximum atomic E-state index is 13.7. The van der Waals surface area contributed by atoms with Gasteiger partial charge in [0.1, 0.15) is 23.1 Å². The van der Waals surface area contributed by atoms with Crippen LogP contribution in [0.5, 0.6) is 0 Å². The summed E-state index contributed by atoms with van der Waals surface area (Å²) in [4.78, 5) is 52.6. The molecule has 0 aromatic heterocycles. The van der Waals surface area contributed by atoms with Gasteiger partial charge in [0.2, 0.25) is 0 Å². The van der Waals surface area contributed by atoms with Crippen LogP contribution in [0.25, 0.3) is 0 Å². The van der Waals surface area contributed by atoms with E-state index in [9.17, 15) is 19.2 Å². The highest BCUT2D eigenvalue weighted by Crippen LogP contribution is 2.44. The van der Waals surface area contributed by atoms with Crippen LogP contribution in [0, 0.1) is 0 Å². The Balaban J connectivity index is 3.49. The van der Waals surface area contributed by atoms with Crippen molar-refractivity contribution in [2.75, 3.05) is 34.5 Å². The second-order valence-electron chi connectivity index (χ2n) is 12.0. The molecule has 48 heavy (non-hydrogen) atoms. The molecule has 0 radical (unpaired) electrons. The quantitative estimate of drug-likeness (QED) is 0.105. The van der Waals surface area contributed by atoms with Crippen LogP contribution in [-0.2, 0) is 19.2 Å². The zero-order chi connectivity index (χ0) is 36.2. The lowest BCUT2D eigenvalue weighted by molar-refractivity contribution is -0.118. The third-order valence-electron chi connectivity index (χ3n) is 8.60. The number of carbonyl (C=O) groups excluding carboxylic acids is 4. The summed E-state index contributed by atoms with van der Waals surface area (Å²) in [5.41, 5.74) is 0. The molecule has 280 valence electrons. The van der Waals surface area contributed by atoms with Crippen molar-refractivity contribution in [1.82, 2.24) is 0 Å². The molecule has 0 N–H and O–H groups in total. The first kappa shape index (κ1) is 47.5. The standard InChI is InChI=1S/C36H64O4S8/c1-11-25(37)31(41-17-7)19-44-29(15-5)35-23(9)43-21-33(27(39)13-3)47-24(10)36(48-34(22-46-35)28(40)14-4)30(16-6)45-20-32(42-18-8)26(38)12-2/h23-24,29-36H,11-22H2,1-10H3/t23-,24-,29+,30-,31?,32?,33?,34?,35+,36+/m0/s1. The van der Waals surface area contributed by atoms with Gasteiger partial charge in [0.25, 0.3) is 0 Å². The largest absolute Gasteiger partial charge is 0.298 e. The third kappa shape index (κ3) is 16.2. The van der Waals surface area contributed by atoms with E-state index in [2.05, 4.69) is 41.5 Å². The van der Waals surface area contributed by atoms with Crippen LogP contribution in [0.1, 0.15) is 108 Å². The summed E-state index contributed by atoms with van der Waals surface area (Å²) in [6, 6.07) is 0. The van der Waals surface area contributed by atoms with Gasteiger partial charge < -0.3 is 0 Å². The van der Waals surface area contributed by atoms with Gasteiger partial charge in [-0.05, 0) is 24.3 Å². The molecule has 0 aliphatic carbocycles. The fourth-order valence-electron chi connectivity index (χ4n) is 5.61. The second-order valence-corrected chi connectivity index (χ2v) is 23.1. The molecule has 0 bridgehead atoms. The Morgan fingerprint density at radius 1 is 0.562 bits per heavy atom. The number of carbonyl (C=O) groups is 4. The summed E-state index contributed by atoms with van der Waals surface area (Å²) < 4.78 is 0. The molecule has 1 heterocycles. The van der Waals surface area contributed by atoms with Crippen molar-refractivity contribution in [2.45, 2.75) is 160 Å². The average molecular weight is 817 g/mol. The Morgan fingerprint density at radius 3 is 1.42 bits per heavy atom. The zero-order valence-electron chi connectivity index (χ0n) is 31.2. The zero-order valence-corrected chi connectivity index (χ0v) is 37.7. The summed E-state index contributed by atoms with van der Waals surface area (Å²) in [6.45, 7) is 21.2. The first-order chi connectivity index (χ1) is 23.0. The van der Waals surface area contributed by atoms with Crippen molar-refractivity contribution in [3.05, 3.63) is 0 Å². The molecule has 1 saturated heterocycles. The van der Waals surface area contributed by atoms with Gasteiger partial charge in [0, 0.05) is 80.2 Å². The van der Waals surface area contributed by atoms with E-state index < -0.39 is 0 Å². The summed E-state index contributed by atoms with van der Waals surface area (Å²) in [7, 11) is 0. The minimum atomic E-state index is -0.118. The van der Waals surface area contributed by atoms with Crippen molar-refractivity contribution >= 4 is 117 Å². The Kier molecular flexibility index (Phi) is 26.8. The predicted molar refractivity (Wildman–Crippen MR) is 232 cm³/mol. The number of Topliss-reactive ketones (excluding diaryl/α,β-unsaturated/α-hetero) is 4. The van der Waals surface area contributed by atoms with E-state index in [0.717, 1.165) is 47.4 Å². The molecule has 0 aromatic carbocycles. The monoisotopic (exact) mass is 816 g/mol. The molecule has 4 nitrogen and oxygen atoms in total. The highest BCUT2D eigenvalue weighted by Gasteiger charge is 2.38. The van der Waals surface area contributed by atoms with E-state index in [4.69, 9.17) is 0 Å². The molecule has 1 rings (SSSR count). The van der Waals surface area contributed by atoms with Crippen LogP contribution in [-0.4, -0.2) is 110 Å². The number of rotatable bonds is 22. The van der Waals surface area contributed by atoms with Crippen LogP contribution in [0.3, 0.4) is 0 Å². The SMILES string of the molecule is CCSC(CS[C@@H](CC)[C@@H]1SC(C(=O)CC)CS[C@@H]([C@@H](CC)SCC(SCC)C(=O)CC)[C@H](C)SCC(C(=O)CC)S[C@H]1C)C(=O)CC. The van der Waals surface area contributed by atoms with E-state index in [0.29, 0.717) is 64.6 Å². The first-order valence-electron chi connectivity index (χ1n) is 18.1. The van der Waals surface area contributed by atoms with E-state index in [1.165, 1.54) is 0 Å². The summed E-state index contributed by atoms with van der Waals surface area (Å²) in [6.07, 6.45) is 4.15. The van der Waals surface area contributed by atoms with Crippen molar-refractivity contribution in [3.8, 4) is 0 Å². The highest BCUT2D eigenvalue weighted by molar-refractivity contribution is 8.10. The van der Waals surface area contributed by atoms with E-state index in [1.807, 2.05) is 98.3 Å². The van der Waals surface area contributed by atoms with Crippen molar-refractivity contribution in [1.29, 1.82) is 0 Å². The van der Waals surface area contributed by atoms with Gasteiger partial charge in [-0.3, -0.25) is 19.2 Å². The second kappa shape index (κ2) is 27.1. The molecule has 1 fully saturated rings. The summed E-state index contributed by atoms with van der Waals surface area (Å²) in [5.74, 6) is 6.32. The first-order valence-corrected chi connectivity index (χ1v) is 26.2. The third-order valence-corrected chi connectivity index (χ3v) is 21.9. The smallest absolute Gasteiger partial charge is 0.146 e. The van der Waals surface area contributed by atoms with Gasteiger partial charge in [-0.1, -0.05) is 69.2 Å². The minimum Gasteiger partial charge on any atom is -0.298 e. The van der Waals surface area contributed by atoms with Gasteiger partial charge in [0.05, 0.1) is 21.0 Å². The van der Waals surface area contributed by atoms with Crippen LogP contribution < -0.4 is 0 Å². The molecule has 4 unspecified atom stereocenters. The maximum Gasteiger partial charge on any atom is 0.146 e. The van der Waals surface area contributed by atoms with Crippen LogP contribution in [0.4, 0.5) is 0 Å². The van der Waals surface area contributed by atoms with Crippen molar-refractivity contribution in [3.63, 3.8) is 0 Å². The van der Waals surface area contributed by atoms with E-state index in [1.54, 1.807) is 23.5 Å². The number of hydrogen-bond donors (Lipinski definition) is 0. The van der Waals surface area contributed by atoms with Crippen LogP contribution in [0.15, 0.2) is 0 Å². The predicted octanol–water partition coefficient (Wildman–Crippen LogP) is 10.4. The van der Waals surface area contributed by atoms with Crippen molar-refractivity contribution < 1.29 is 19.2 Å². The number of hydrogen-bond acceptors (Lipinski definition) is 12. The fourth-order valence-corrected chi connectivity index (χ4v) is 18.7. The van der Waals surface area contributed by atoms with Gasteiger partial charge in [-0.15, -0.1) is 23.5 Å². The fraction of sp³-hybridized carbons (Fsp3) is 0.889. The molecular formula is C36H64O4S8. The Labute approximate surface area is 328 Å². The molecule has 1 aliphatic heterocycles. The lowest BCUT2D eigenvalue weighted by Gasteiger charge is -2.37. The Morgan fingerprint density at radius 2 is 1.00 bits per heavy atom. The highest BCUT2D eigenvalue weighted by atomic mass is 32.2. The van der Waals surface area contributed by atoms with Crippen LogP contribution >= 0.6 is 94.1 Å². The summed E-state index contributed by atoms with van der Waals surface area (Å²) in [5, 5.41) is 1.47. The van der Waals surface area contributed by atoms with Crippen molar-refractivity contribution in [2.24, 2.45) is 0 Å². The normalized spacial score (nSPS) is 26.8. The van der Waals surface area contributed by atoms with E-state index in [-0.39, 0.29) is 36.7 Å². The van der Waals surface area contributed by atoms with Gasteiger partial charge in [-0.25, -0.2) is 0 Å². The molecule has 12 heteroatoms. The number of thioether (sulfide) groups is 8. The lowest BCUT2D eigenvalue weighted by atomic mass is 10.2. The minimum absolute atomic E-state index is 0.00126. The van der Waals surface area contributed by atoms with E-state index >= 15 is 0 Å². The lowest BCUT2D eigenvalue weighted by Crippen LogP contribution is -2.39. The Hall–Kier alpha value is 1.48. The molecule has 0 saturated carbocycles. The van der Waals surface area contributed by atoms with Gasteiger partial charge in [-0.2, -0.15) is 70.6 Å². The summed E-state index contributed by atoms with van der Waals surface area (Å²) >= 11 is 14.9. The topological polar surface area (TPSA) is 68.3 Å². The molecule has 0 aromatic rings. The molecule has 0 spiro atoms. The Bertz CT molecular complexity index is 953. The molecule has 1 aliphatic rings. The maximum absolute atomic E-state index is 13.7. The molecular weight excluding hydrogens is 753 g/mol. The van der Waals surface area contributed by atoms with Gasteiger partial charge in [0.15, 0.2) is 0 Å². The molecule has 0 amide bonds. The van der Waals surface area contributed by atoms with Crippen LogP contribution in [0.2, 0.25) is 0 Å². The average Bonchev–Trinajstić information content (AvgIpc) is 3.09. The number of ketones is 4. The molecule has 10 atom stereocenters. The van der Waals surface area contributed by atoms with Gasteiger partial charge >= 0.3 is 0 Å².